The molecule has 0 spiro atoms. The molecule has 0 saturated carbocycles. The van der Waals surface area contributed by atoms with Crippen molar-refractivity contribution in [2.24, 2.45) is 0 Å². The molecule has 4 heterocycles. The molecule has 0 atom stereocenters. The maximum atomic E-state index is 11.8. The van der Waals surface area contributed by atoms with Gasteiger partial charge in [0.15, 0.2) is 5.82 Å². The van der Waals surface area contributed by atoms with Gasteiger partial charge in [0.05, 0.1) is 13.2 Å². The van der Waals surface area contributed by atoms with Crippen molar-refractivity contribution in [2.75, 3.05) is 44.3 Å². The third-order valence-electron chi connectivity index (χ3n) is 5.30. The molecule has 2 aromatic rings. The van der Waals surface area contributed by atoms with Gasteiger partial charge in [0.2, 0.25) is 5.91 Å². The number of amides is 1. The third-order valence-corrected chi connectivity index (χ3v) is 5.30. The van der Waals surface area contributed by atoms with Gasteiger partial charge in [-0.15, -0.1) is 0 Å². The number of rotatable bonds is 4. The van der Waals surface area contributed by atoms with Crippen molar-refractivity contribution in [3.05, 3.63) is 24.2 Å². The quantitative estimate of drug-likeness (QED) is 0.813. The lowest BCUT2D eigenvalue weighted by Gasteiger charge is -2.30. The first kappa shape index (κ1) is 17.9. The molecule has 2 aromatic heterocycles. The fourth-order valence-corrected chi connectivity index (χ4v) is 3.67. The second-order valence-corrected chi connectivity index (χ2v) is 6.97. The van der Waals surface area contributed by atoms with Crippen molar-refractivity contribution in [3.63, 3.8) is 0 Å². The summed E-state index contributed by atoms with van der Waals surface area (Å²) in [6, 6.07) is 3.98. The van der Waals surface area contributed by atoms with E-state index in [4.69, 9.17) is 9.26 Å². The first-order chi connectivity index (χ1) is 13.2. The van der Waals surface area contributed by atoms with E-state index in [1.807, 2.05) is 24.0 Å². The summed E-state index contributed by atoms with van der Waals surface area (Å²) in [5, 5.41) is 4.19. The van der Waals surface area contributed by atoms with Crippen molar-refractivity contribution < 1.29 is 14.1 Å². The SMILES string of the molecule is CCC(=O)N1CCC(c2noc(-c3cc(N4CCOCC4)ccn3)n2)CC1. The largest absolute Gasteiger partial charge is 0.378 e. The van der Waals surface area contributed by atoms with Crippen LogP contribution in [0.25, 0.3) is 11.6 Å². The molecule has 2 aliphatic rings. The van der Waals surface area contributed by atoms with Gasteiger partial charge in [-0.2, -0.15) is 4.98 Å². The number of carbonyl (C=O) groups is 1. The van der Waals surface area contributed by atoms with E-state index in [2.05, 4.69) is 20.0 Å². The number of hydrogen-bond acceptors (Lipinski definition) is 7. The summed E-state index contributed by atoms with van der Waals surface area (Å²) >= 11 is 0. The van der Waals surface area contributed by atoms with Crippen molar-refractivity contribution in [1.29, 1.82) is 0 Å². The van der Waals surface area contributed by atoms with Crippen molar-refractivity contribution in [3.8, 4) is 11.6 Å². The predicted molar refractivity (Wildman–Crippen MR) is 99.4 cm³/mol. The Labute approximate surface area is 158 Å². The number of anilines is 1. The molecule has 0 aliphatic carbocycles. The molecule has 0 radical (unpaired) electrons. The molecule has 2 saturated heterocycles. The first-order valence-electron chi connectivity index (χ1n) is 9.65. The highest BCUT2D eigenvalue weighted by Crippen LogP contribution is 2.28. The summed E-state index contributed by atoms with van der Waals surface area (Å²) in [5.41, 5.74) is 1.78. The Morgan fingerprint density at radius 2 is 2.00 bits per heavy atom. The Morgan fingerprint density at radius 3 is 2.74 bits per heavy atom. The van der Waals surface area contributed by atoms with Gasteiger partial charge in [0, 0.05) is 50.4 Å². The fourth-order valence-electron chi connectivity index (χ4n) is 3.67. The molecule has 8 nitrogen and oxygen atoms in total. The van der Waals surface area contributed by atoms with Crippen LogP contribution in [0, 0.1) is 0 Å². The molecule has 1 amide bonds. The summed E-state index contributed by atoms with van der Waals surface area (Å²) in [6.07, 6.45) is 4.07. The van der Waals surface area contributed by atoms with Crippen molar-refractivity contribution >= 4 is 11.6 Å². The van der Waals surface area contributed by atoms with Crippen molar-refractivity contribution in [2.45, 2.75) is 32.1 Å². The van der Waals surface area contributed by atoms with Gasteiger partial charge in [-0.1, -0.05) is 12.1 Å². The van der Waals surface area contributed by atoms with Crippen LogP contribution in [0.4, 0.5) is 5.69 Å². The summed E-state index contributed by atoms with van der Waals surface area (Å²) in [7, 11) is 0. The molecule has 0 N–H and O–H groups in total. The first-order valence-corrected chi connectivity index (χ1v) is 9.65. The lowest BCUT2D eigenvalue weighted by molar-refractivity contribution is -0.131. The topological polar surface area (TPSA) is 84.6 Å². The summed E-state index contributed by atoms with van der Waals surface area (Å²) in [4.78, 5) is 25.0. The Bertz CT molecular complexity index is 779. The van der Waals surface area contributed by atoms with Crippen LogP contribution >= 0.6 is 0 Å². The minimum absolute atomic E-state index is 0.214. The number of pyridine rings is 1. The number of ether oxygens (including phenoxy) is 1. The zero-order valence-electron chi connectivity index (χ0n) is 15.6. The molecule has 0 unspecified atom stereocenters. The molecule has 0 bridgehead atoms. The van der Waals surface area contributed by atoms with Gasteiger partial charge < -0.3 is 19.1 Å². The zero-order chi connectivity index (χ0) is 18.6. The van der Waals surface area contributed by atoms with Crippen LogP contribution in [0.2, 0.25) is 0 Å². The standard InChI is InChI=1S/C19H25N5O3/c1-2-17(25)24-7-4-14(5-8-24)18-21-19(27-22-18)16-13-15(3-6-20-16)23-9-11-26-12-10-23/h3,6,13-14H,2,4-5,7-12H2,1H3. The highest BCUT2D eigenvalue weighted by Gasteiger charge is 2.27. The van der Waals surface area contributed by atoms with E-state index < -0.39 is 0 Å². The van der Waals surface area contributed by atoms with Gasteiger partial charge >= 0.3 is 0 Å². The predicted octanol–water partition coefficient (Wildman–Crippen LogP) is 2.08. The normalized spacial score (nSPS) is 18.7. The van der Waals surface area contributed by atoms with E-state index in [-0.39, 0.29) is 11.8 Å². The van der Waals surface area contributed by atoms with E-state index in [0.717, 1.165) is 57.9 Å². The number of nitrogens with zero attached hydrogens (tertiary/aromatic N) is 5. The minimum atomic E-state index is 0.214. The Hall–Kier alpha value is -2.48. The van der Waals surface area contributed by atoms with Crippen LogP contribution in [0.1, 0.15) is 37.9 Å². The molecular weight excluding hydrogens is 346 g/mol. The smallest absolute Gasteiger partial charge is 0.276 e. The average molecular weight is 371 g/mol. The number of carbonyl (C=O) groups excluding carboxylic acids is 1. The Kier molecular flexibility index (Phi) is 5.33. The third kappa shape index (κ3) is 3.95. The number of aromatic nitrogens is 3. The second-order valence-electron chi connectivity index (χ2n) is 6.97. The lowest BCUT2D eigenvalue weighted by Crippen LogP contribution is -2.37. The van der Waals surface area contributed by atoms with Crippen molar-refractivity contribution in [1.82, 2.24) is 20.0 Å². The monoisotopic (exact) mass is 371 g/mol. The van der Waals surface area contributed by atoms with E-state index in [0.29, 0.717) is 23.8 Å². The fraction of sp³-hybridized carbons (Fsp3) is 0.579. The van der Waals surface area contributed by atoms with Crippen LogP contribution in [0.15, 0.2) is 22.9 Å². The van der Waals surface area contributed by atoms with Gasteiger partial charge in [-0.25, -0.2) is 0 Å². The molecule has 8 heteroatoms. The Balaban J connectivity index is 1.44. The van der Waals surface area contributed by atoms with Crippen LogP contribution < -0.4 is 4.90 Å². The number of morpholine rings is 1. The molecule has 144 valence electrons. The van der Waals surface area contributed by atoms with E-state index in [9.17, 15) is 4.79 Å². The van der Waals surface area contributed by atoms with Gasteiger partial charge in [0.1, 0.15) is 5.69 Å². The van der Waals surface area contributed by atoms with Crippen LogP contribution in [0.5, 0.6) is 0 Å². The zero-order valence-corrected chi connectivity index (χ0v) is 15.6. The molecular formula is C19H25N5O3. The molecule has 27 heavy (non-hydrogen) atoms. The van der Waals surface area contributed by atoms with Crippen LogP contribution in [-0.2, 0) is 9.53 Å². The number of likely N-dealkylation sites (tertiary alicyclic amines) is 1. The van der Waals surface area contributed by atoms with E-state index in [1.165, 1.54) is 0 Å². The van der Waals surface area contributed by atoms with Crippen LogP contribution in [-0.4, -0.2) is 65.3 Å². The summed E-state index contributed by atoms with van der Waals surface area (Å²) < 4.78 is 10.9. The van der Waals surface area contributed by atoms with E-state index in [1.54, 1.807) is 6.20 Å². The van der Waals surface area contributed by atoms with Gasteiger partial charge in [-0.05, 0) is 25.0 Å². The highest BCUT2D eigenvalue weighted by molar-refractivity contribution is 5.75. The minimum Gasteiger partial charge on any atom is -0.378 e. The average Bonchev–Trinajstić information content (AvgIpc) is 3.24. The second kappa shape index (κ2) is 8.04. The Morgan fingerprint density at radius 1 is 1.22 bits per heavy atom. The lowest BCUT2D eigenvalue weighted by atomic mass is 9.96. The van der Waals surface area contributed by atoms with Gasteiger partial charge in [0.25, 0.3) is 5.89 Å². The summed E-state index contributed by atoms with van der Waals surface area (Å²) in [5.74, 6) is 1.61. The number of hydrogen-bond donors (Lipinski definition) is 0. The maximum Gasteiger partial charge on any atom is 0.276 e. The number of piperidine rings is 1. The summed E-state index contributed by atoms with van der Waals surface area (Å²) in [6.45, 7) is 6.63. The van der Waals surface area contributed by atoms with Gasteiger partial charge in [-0.3, -0.25) is 9.78 Å². The molecule has 2 fully saturated rings. The van der Waals surface area contributed by atoms with E-state index >= 15 is 0 Å². The molecule has 2 aliphatic heterocycles. The maximum absolute atomic E-state index is 11.8. The molecule has 0 aromatic carbocycles. The molecule has 4 rings (SSSR count). The highest BCUT2D eigenvalue weighted by atomic mass is 16.5. The van der Waals surface area contributed by atoms with Crippen LogP contribution in [0.3, 0.4) is 0 Å².